The van der Waals surface area contributed by atoms with Crippen molar-refractivity contribution >= 4 is 19.0 Å². The van der Waals surface area contributed by atoms with Crippen LogP contribution in [0.4, 0.5) is 4.79 Å². The average Bonchev–Trinajstić information content (AvgIpc) is 2.58. The highest BCUT2D eigenvalue weighted by Gasteiger charge is 2.35. The molecule has 2 rings (SSSR count). The van der Waals surface area contributed by atoms with Gasteiger partial charge < -0.3 is 24.1 Å². The summed E-state index contributed by atoms with van der Waals surface area (Å²) in [5, 5.41) is 10.2. The minimum atomic E-state index is -0.937. The number of amides is 1. The third kappa shape index (κ3) is 6.22. The fourth-order valence-electron chi connectivity index (χ4n) is 2.61. The number of carbonyl (C=O) groups is 1. The van der Waals surface area contributed by atoms with E-state index in [1.54, 1.807) is 18.7 Å². The van der Waals surface area contributed by atoms with E-state index in [2.05, 4.69) is 0 Å². The van der Waals surface area contributed by atoms with Crippen molar-refractivity contribution in [2.75, 3.05) is 19.7 Å². The molecular formula is C21H34BNO5. The second kappa shape index (κ2) is 8.43. The van der Waals surface area contributed by atoms with Crippen LogP contribution in [0.25, 0.3) is 0 Å². The Morgan fingerprint density at radius 2 is 1.75 bits per heavy atom. The van der Waals surface area contributed by atoms with E-state index in [1.807, 2.05) is 58.9 Å². The third-order valence-corrected chi connectivity index (χ3v) is 5.14. The van der Waals surface area contributed by atoms with Gasteiger partial charge in [0.2, 0.25) is 0 Å². The highest BCUT2D eigenvalue weighted by atomic mass is 16.6. The molecule has 0 aliphatic carbocycles. The topological polar surface area (TPSA) is 68.2 Å². The first-order chi connectivity index (χ1) is 12.8. The number of hydrogen-bond donors (Lipinski definition) is 1. The van der Waals surface area contributed by atoms with E-state index in [9.17, 15) is 9.90 Å². The van der Waals surface area contributed by atoms with E-state index in [0.29, 0.717) is 27.2 Å². The maximum absolute atomic E-state index is 12.3. The molecule has 0 aromatic heterocycles. The normalized spacial score (nSPS) is 18.7. The largest absolute Gasteiger partial charge is 0.444 e. The SMILES string of the molecule is CC(C)(C)OC(=O)N1CCOC(c2ccc(BOC(C)(C)C(C)(C)O)cc2)C1. The van der Waals surface area contributed by atoms with Gasteiger partial charge in [0.15, 0.2) is 0 Å². The molecule has 1 aliphatic rings. The van der Waals surface area contributed by atoms with Crippen LogP contribution in [0.1, 0.15) is 60.1 Å². The summed E-state index contributed by atoms with van der Waals surface area (Å²) in [7, 11) is 0.410. The van der Waals surface area contributed by atoms with E-state index in [0.717, 1.165) is 11.0 Å². The van der Waals surface area contributed by atoms with E-state index >= 15 is 0 Å². The van der Waals surface area contributed by atoms with Crippen LogP contribution < -0.4 is 5.46 Å². The Morgan fingerprint density at radius 1 is 1.14 bits per heavy atom. The molecule has 1 saturated heterocycles. The van der Waals surface area contributed by atoms with E-state index < -0.39 is 16.8 Å². The average molecular weight is 391 g/mol. The lowest BCUT2D eigenvalue weighted by Gasteiger charge is -2.37. The lowest BCUT2D eigenvalue weighted by Crippen LogP contribution is -2.49. The Labute approximate surface area is 169 Å². The predicted molar refractivity (Wildman–Crippen MR) is 111 cm³/mol. The van der Waals surface area contributed by atoms with Crippen LogP contribution in [-0.2, 0) is 14.1 Å². The molecule has 28 heavy (non-hydrogen) atoms. The zero-order valence-electron chi connectivity index (χ0n) is 18.2. The Morgan fingerprint density at radius 3 is 2.29 bits per heavy atom. The van der Waals surface area contributed by atoms with Crippen LogP contribution >= 0.6 is 0 Å². The molecule has 1 atom stereocenters. The van der Waals surface area contributed by atoms with Crippen molar-refractivity contribution in [3.8, 4) is 0 Å². The molecule has 7 heteroatoms. The summed E-state index contributed by atoms with van der Waals surface area (Å²) in [5.41, 5.74) is -0.0802. The molecule has 1 aliphatic heterocycles. The molecule has 0 spiro atoms. The lowest BCUT2D eigenvalue weighted by atomic mass is 9.82. The van der Waals surface area contributed by atoms with Gasteiger partial charge in [-0.3, -0.25) is 0 Å². The number of hydrogen-bond acceptors (Lipinski definition) is 5. The van der Waals surface area contributed by atoms with Crippen LogP contribution in [0.3, 0.4) is 0 Å². The fraction of sp³-hybridized carbons (Fsp3) is 0.667. The Kier molecular flexibility index (Phi) is 6.84. The van der Waals surface area contributed by atoms with Gasteiger partial charge in [-0.15, -0.1) is 0 Å². The van der Waals surface area contributed by atoms with E-state index in [-0.39, 0.29) is 12.2 Å². The van der Waals surface area contributed by atoms with Crippen molar-refractivity contribution in [3.63, 3.8) is 0 Å². The molecule has 1 unspecified atom stereocenters. The van der Waals surface area contributed by atoms with Gasteiger partial charge in [-0.1, -0.05) is 29.7 Å². The third-order valence-electron chi connectivity index (χ3n) is 5.14. The van der Waals surface area contributed by atoms with Gasteiger partial charge in [0.25, 0.3) is 0 Å². The summed E-state index contributed by atoms with van der Waals surface area (Å²) in [6.45, 7) is 14.3. The minimum Gasteiger partial charge on any atom is -0.444 e. The number of aliphatic hydroxyl groups is 1. The number of morpholine rings is 1. The molecule has 6 nitrogen and oxygen atoms in total. The summed E-state index contributed by atoms with van der Waals surface area (Å²) >= 11 is 0. The van der Waals surface area contributed by atoms with Crippen LogP contribution in [0.2, 0.25) is 0 Å². The number of nitrogens with zero attached hydrogens (tertiary/aromatic N) is 1. The predicted octanol–water partition coefficient (Wildman–Crippen LogP) is 2.54. The van der Waals surface area contributed by atoms with Gasteiger partial charge in [-0.2, -0.15) is 0 Å². The second-order valence-corrected chi connectivity index (χ2v) is 9.39. The smallest absolute Gasteiger partial charge is 0.410 e. The molecule has 1 aromatic rings. The number of rotatable bonds is 5. The maximum atomic E-state index is 12.3. The molecule has 0 saturated carbocycles. The highest BCUT2D eigenvalue weighted by Crippen LogP contribution is 2.25. The maximum Gasteiger partial charge on any atom is 0.410 e. The summed E-state index contributed by atoms with van der Waals surface area (Å²) in [6.07, 6.45) is -0.483. The summed E-state index contributed by atoms with van der Waals surface area (Å²) in [5.74, 6) is 0. The molecule has 0 radical (unpaired) electrons. The van der Waals surface area contributed by atoms with Crippen LogP contribution in [0, 0.1) is 0 Å². The Balaban J connectivity index is 1.96. The number of benzene rings is 1. The van der Waals surface area contributed by atoms with E-state index in [1.165, 1.54) is 0 Å². The molecule has 1 fully saturated rings. The van der Waals surface area contributed by atoms with Crippen LogP contribution in [0.15, 0.2) is 24.3 Å². The lowest BCUT2D eigenvalue weighted by molar-refractivity contribution is -0.0893. The minimum absolute atomic E-state index is 0.177. The molecule has 0 bridgehead atoms. The van der Waals surface area contributed by atoms with Gasteiger partial charge in [-0.25, -0.2) is 4.79 Å². The van der Waals surface area contributed by atoms with E-state index in [4.69, 9.17) is 14.1 Å². The van der Waals surface area contributed by atoms with Gasteiger partial charge in [-0.05, 0) is 54.0 Å². The van der Waals surface area contributed by atoms with Crippen molar-refractivity contribution in [2.45, 2.75) is 71.4 Å². The highest BCUT2D eigenvalue weighted by molar-refractivity contribution is 6.47. The van der Waals surface area contributed by atoms with Crippen LogP contribution in [0.5, 0.6) is 0 Å². The quantitative estimate of drug-likeness (QED) is 0.782. The first kappa shape index (κ1) is 22.7. The Bertz CT molecular complexity index is 661. The molecular weight excluding hydrogens is 357 g/mol. The number of ether oxygens (including phenoxy) is 2. The van der Waals surface area contributed by atoms with Gasteiger partial charge in [0.1, 0.15) is 11.7 Å². The molecule has 1 aromatic carbocycles. The number of carbonyl (C=O) groups excluding carboxylic acids is 1. The first-order valence-electron chi connectivity index (χ1n) is 9.83. The van der Waals surface area contributed by atoms with Crippen molar-refractivity contribution in [2.24, 2.45) is 0 Å². The molecule has 156 valence electrons. The van der Waals surface area contributed by atoms with Gasteiger partial charge >= 0.3 is 13.6 Å². The zero-order chi connectivity index (χ0) is 21.2. The second-order valence-electron chi connectivity index (χ2n) is 9.39. The van der Waals surface area contributed by atoms with Crippen molar-refractivity contribution < 1.29 is 24.0 Å². The fourth-order valence-corrected chi connectivity index (χ4v) is 2.61. The summed E-state index contributed by atoms with van der Waals surface area (Å²) in [6, 6.07) is 7.98. The molecule has 1 N–H and O–H groups in total. The van der Waals surface area contributed by atoms with Crippen molar-refractivity contribution in [3.05, 3.63) is 29.8 Å². The van der Waals surface area contributed by atoms with Gasteiger partial charge in [0.05, 0.1) is 24.4 Å². The first-order valence-corrected chi connectivity index (χ1v) is 9.83. The van der Waals surface area contributed by atoms with Crippen molar-refractivity contribution in [1.29, 1.82) is 0 Å². The van der Waals surface area contributed by atoms with Crippen molar-refractivity contribution in [1.82, 2.24) is 4.90 Å². The Hall–Kier alpha value is -1.57. The zero-order valence-corrected chi connectivity index (χ0v) is 18.2. The van der Waals surface area contributed by atoms with Gasteiger partial charge in [0, 0.05) is 6.54 Å². The standard InChI is InChI=1S/C21H34BNO5/c1-19(2,3)27-18(24)23-12-13-26-17(14-23)15-8-10-16(11-9-15)22-28-21(6,7)20(4,5)25/h8-11,17,22,25H,12-14H2,1-7H3. The summed E-state index contributed by atoms with van der Waals surface area (Å²) < 4.78 is 17.2. The molecule has 1 heterocycles. The monoisotopic (exact) mass is 391 g/mol. The summed E-state index contributed by atoms with van der Waals surface area (Å²) in [4.78, 5) is 14.0. The van der Waals surface area contributed by atoms with Crippen LogP contribution in [-0.4, -0.2) is 60.1 Å². The molecule has 1 amide bonds.